The third-order valence-electron chi connectivity index (χ3n) is 3.28. The minimum atomic E-state index is -0.423. The summed E-state index contributed by atoms with van der Waals surface area (Å²) in [5, 5.41) is 21.1. The van der Waals surface area contributed by atoms with Gasteiger partial charge in [0.1, 0.15) is 17.4 Å². The van der Waals surface area contributed by atoms with Gasteiger partial charge in [-0.1, -0.05) is 0 Å². The van der Waals surface area contributed by atoms with Gasteiger partial charge in [-0.15, -0.1) is 0 Å². The standard InChI is InChI=1S/C15H17N3O2/c1-11-8-13(19)4-5-14(11)17-15(20)12(9-16)10-18-6-2-3-7-18/h4-5,8,10,19H,2-3,6-7H2,1H3,(H,17,20)/b12-10-. The molecule has 0 radical (unpaired) electrons. The Balaban J connectivity index is 2.11. The van der Waals surface area contributed by atoms with Gasteiger partial charge >= 0.3 is 0 Å². The monoisotopic (exact) mass is 271 g/mol. The summed E-state index contributed by atoms with van der Waals surface area (Å²) in [4.78, 5) is 14.1. The van der Waals surface area contributed by atoms with E-state index in [1.165, 1.54) is 6.07 Å². The number of benzene rings is 1. The van der Waals surface area contributed by atoms with Crippen molar-refractivity contribution < 1.29 is 9.90 Å². The molecule has 1 heterocycles. The van der Waals surface area contributed by atoms with Crippen LogP contribution >= 0.6 is 0 Å². The molecule has 1 aromatic carbocycles. The highest BCUT2D eigenvalue weighted by atomic mass is 16.3. The van der Waals surface area contributed by atoms with Crippen molar-refractivity contribution in [3.8, 4) is 11.8 Å². The van der Waals surface area contributed by atoms with Gasteiger partial charge in [0.25, 0.3) is 5.91 Å². The van der Waals surface area contributed by atoms with E-state index in [-0.39, 0.29) is 11.3 Å². The van der Waals surface area contributed by atoms with E-state index in [9.17, 15) is 9.90 Å². The van der Waals surface area contributed by atoms with E-state index in [0.717, 1.165) is 31.5 Å². The van der Waals surface area contributed by atoms with Crippen LogP contribution in [0.3, 0.4) is 0 Å². The summed E-state index contributed by atoms with van der Waals surface area (Å²) in [6.07, 6.45) is 3.81. The lowest BCUT2D eigenvalue weighted by Gasteiger charge is -2.12. The Labute approximate surface area is 118 Å². The first-order valence-electron chi connectivity index (χ1n) is 6.57. The van der Waals surface area contributed by atoms with Crippen LogP contribution in [0.15, 0.2) is 30.0 Å². The maximum absolute atomic E-state index is 12.1. The van der Waals surface area contributed by atoms with Crippen molar-refractivity contribution >= 4 is 11.6 Å². The lowest BCUT2D eigenvalue weighted by molar-refractivity contribution is -0.112. The number of nitriles is 1. The second-order valence-corrected chi connectivity index (χ2v) is 4.85. The molecule has 0 spiro atoms. The van der Waals surface area contributed by atoms with Gasteiger partial charge in [-0.05, 0) is 43.5 Å². The molecule has 5 nitrogen and oxygen atoms in total. The molecule has 1 aromatic rings. The van der Waals surface area contributed by atoms with Gasteiger partial charge in [0, 0.05) is 25.0 Å². The van der Waals surface area contributed by atoms with Crippen molar-refractivity contribution in [2.75, 3.05) is 18.4 Å². The van der Waals surface area contributed by atoms with Crippen molar-refractivity contribution in [1.29, 1.82) is 5.26 Å². The number of nitrogens with zero attached hydrogens (tertiary/aromatic N) is 2. The van der Waals surface area contributed by atoms with Gasteiger partial charge in [0.2, 0.25) is 0 Å². The summed E-state index contributed by atoms with van der Waals surface area (Å²) in [7, 11) is 0. The Morgan fingerprint density at radius 1 is 1.45 bits per heavy atom. The number of carbonyl (C=O) groups is 1. The highest BCUT2D eigenvalue weighted by Gasteiger charge is 2.14. The number of aryl methyl sites for hydroxylation is 1. The van der Waals surface area contributed by atoms with Gasteiger partial charge in [0.05, 0.1) is 0 Å². The smallest absolute Gasteiger partial charge is 0.267 e. The number of amides is 1. The fraction of sp³-hybridized carbons (Fsp3) is 0.333. The minimum Gasteiger partial charge on any atom is -0.508 e. The molecule has 104 valence electrons. The highest BCUT2D eigenvalue weighted by Crippen LogP contribution is 2.20. The second-order valence-electron chi connectivity index (χ2n) is 4.85. The van der Waals surface area contributed by atoms with Gasteiger partial charge in [-0.3, -0.25) is 4.79 Å². The number of carbonyl (C=O) groups excluding carboxylic acids is 1. The van der Waals surface area contributed by atoms with Gasteiger partial charge in [-0.2, -0.15) is 5.26 Å². The van der Waals surface area contributed by atoms with Crippen LogP contribution in [0.25, 0.3) is 0 Å². The normalized spacial score (nSPS) is 15.0. The van der Waals surface area contributed by atoms with E-state index in [4.69, 9.17) is 5.26 Å². The van der Waals surface area contributed by atoms with Crippen LogP contribution in [0.1, 0.15) is 18.4 Å². The topological polar surface area (TPSA) is 76.4 Å². The molecule has 2 rings (SSSR count). The Morgan fingerprint density at radius 2 is 2.15 bits per heavy atom. The molecular weight excluding hydrogens is 254 g/mol. The van der Waals surface area contributed by atoms with Gasteiger partial charge in [-0.25, -0.2) is 0 Å². The summed E-state index contributed by atoms with van der Waals surface area (Å²) >= 11 is 0. The third-order valence-corrected chi connectivity index (χ3v) is 3.28. The molecule has 2 N–H and O–H groups in total. The predicted molar refractivity (Wildman–Crippen MR) is 76.0 cm³/mol. The molecule has 0 aliphatic carbocycles. The number of hydrogen-bond acceptors (Lipinski definition) is 4. The van der Waals surface area contributed by atoms with Crippen molar-refractivity contribution in [3.05, 3.63) is 35.5 Å². The zero-order valence-corrected chi connectivity index (χ0v) is 11.4. The quantitative estimate of drug-likeness (QED) is 0.501. The zero-order valence-electron chi connectivity index (χ0n) is 11.4. The maximum atomic E-state index is 12.1. The summed E-state index contributed by atoms with van der Waals surface area (Å²) in [5.41, 5.74) is 1.44. The Kier molecular flexibility index (Phi) is 4.26. The summed E-state index contributed by atoms with van der Waals surface area (Å²) in [6.45, 7) is 3.55. The molecule has 1 aliphatic rings. The second kappa shape index (κ2) is 6.11. The van der Waals surface area contributed by atoms with E-state index >= 15 is 0 Å². The van der Waals surface area contributed by atoms with E-state index in [1.54, 1.807) is 25.3 Å². The number of phenols is 1. The fourth-order valence-electron chi connectivity index (χ4n) is 2.17. The lowest BCUT2D eigenvalue weighted by atomic mass is 10.2. The number of nitrogens with one attached hydrogen (secondary N) is 1. The number of anilines is 1. The molecule has 1 aliphatic heterocycles. The summed E-state index contributed by atoms with van der Waals surface area (Å²) < 4.78 is 0. The molecule has 0 unspecified atom stereocenters. The van der Waals surface area contributed by atoms with Gasteiger partial charge in [0.15, 0.2) is 0 Å². The first-order valence-corrected chi connectivity index (χ1v) is 6.57. The van der Waals surface area contributed by atoms with Crippen LogP contribution in [0.2, 0.25) is 0 Å². The van der Waals surface area contributed by atoms with Crippen molar-refractivity contribution in [1.82, 2.24) is 4.90 Å². The Hall–Kier alpha value is -2.48. The van der Waals surface area contributed by atoms with Crippen molar-refractivity contribution in [2.24, 2.45) is 0 Å². The number of phenolic OH excluding ortho intramolecular Hbond substituents is 1. The zero-order chi connectivity index (χ0) is 14.5. The Morgan fingerprint density at radius 3 is 2.75 bits per heavy atom. The van der Waals surface area contributed by atoms with E-state index in [1.807, 2.05) is 11.0 Å². The predicted octanol–water partition coefficient (Wildman–Crippen LogP) is 2.14. The minimum absolute atomic E-state index is 0.0966. The van der Waals surface area contributed by atoms with E-state index in [0.29, 0.717) is 5.69 Å². The Bertz CT molecular complexity index is 581. The molecule has 0 aromatic heterocycles. The molecular formula is C15H17N3O2. The average Bonchev–Trinajstić information content (AvgIpc) is 2.92. The molecule has 1 amide bonds. The number of aromatic hydroxyl groups is 1. The molecule has 0 atom stereocenters. The van der Waals surface area contributed by atoms with Crippen LogP contribution in [0.5, 0.6) is 5.75 Å². The van der Waals surface area contributed by atoms with Crippen LogP contribution in [-0.4, -0.2) is 29.0 Å². The lowest BCUT2D eigenvalue weighted by Crippen LogP contribution is -2.19. The molecule has 0 bridgehead atoms. The molecule has 1 saturated heterocycles. The highest BCUT2D eigenvalue weighted by molar-refractivity contribution is 6.06. The molecule has 20 heavy (non-hydrogen) atoms. The first kappa shape index (κ1) is 13.9. The van der Waals surface area contributed by atoms with Crippen LogP contribution in [0, 0.1) is 18.3 Å². The first-order chi connectivity index (χ1) is 9.60. The van der Waals surface area contributed by atoms with Crippen LogP contribution < -0.4 is 5.32 Å². The van der Waals surface area contributed by atoms with Crippen LogP contribution in [0.4, 0.5) is 5.69 Å². The van der Waals surface area contributed by atoms with Crippen molar-refractivity contribution in [2.45, 2.75) is 19.8 Å². The molecule has 0 saturated carbocycles. The fourth-order valence-corrected chi connectivity index (χ4v) is 2.17. The summed E-state index contributed by atoms with van der Waals surface area (Å²) in [6, 6.07) is 6.62. The summed E-state index contributed by atoms with van der Waals surface area (Å²) in [5.74, 6) is -0.276. The number of rotatable bonds is 3. The largest absolute Gasteiger partial charge is 0.508 e. The third kappa shape index (κ3) is 3.29. The van der Waals surface area contributed by atoms with Crippen molar-refractivity contribution in [3.63, 3.8) is 0 Å². The average molecular weight is 271 g/mol. The van der Waals surface area contributed by atoms with Crippen LogP contribution in [-0.2, 0) is 4.79 Å². The molecule has 1 fully saturated rings. The SMILES string of the molecule is Cc1cc(O)ccc1NC(=O)/C(C#N)=C\N1CCCC1. The number of likely N-dealkylation sites (tertiary alicyclic amines) is 1. The van der Waals surface area contributed by atoms with Gasteiger partial charge < -0.3 is 15.3 Å². The molecule has 5 heteroatoms. The maximum Gasteiger partial charge on any atom is 0.267 e. The van der Waals surface area contributed by atoms with E-state index in [2.05, 4.69) is 5.32 Å². The van der Waals surface area contributed by atoms with E-state index < -0.39 is 5.91 Å². The number of hydrogen-bond donors (Lipinski definition) is 2.